The number of nitrogens with zero attached hydrogens (tertiary/aromatic N) is 1. The number of nitrogens with one attached hydrogen (secondary N) is 1. The average Bonchev–Trinajstić information content (AvgIpc) is 3.23. The molecule has 24 heavy (non-hydrogen) atoms. The number of rotatable bonds is 7. The molecule has 0 radical (unpaired) electrons. The zero-order valence-corrected chi connectivity index (χ0v) is 15.7. The van der Waals surface area contributed by atoms with Crippen LogP contribution in [0.3, 0.4) is 0 Å². The monoisotopic (exact) mass is 408 g/mol. The molecular weight excluding hydrogens is 392 g/mol. The fraction of sp³-hybridized carbons (Fsp3) is 0.235. The lowest BCUT2D eigenvalue weighted by Gasteiger charge is -2.12. The highest BCUT2D eigenvalue weighted by Gasteiger charge is 2.11. The largest absolute Gasteiger partial charge is 0.493 e. The first-order valence-corrected chi connectivity index (χ1v) is 8.93. The third-order valence-electron chi connectivity index (χ3n) is 3.45. The summed E-state index contributed by atoms with van der Waals surface area (Å²) >= 11 is 4.92. The Hall–Kier alpha value is -1.83. The number of halogens is 1. The second-order valence-electron chi connectivity index (χ2n) is 4.98. The van der Waals surface area contributed by atoms with Crippen molar-refractivity contribution in [1.82, 2.24) is 10.3 Å². The van der Waals surface area contributed by atoms with Crippen LogP contribution < -0.4 is 14.8 Å². The molecule has 0 amide bonds. The summed E-state index contributed by atoms with van der Waals surface area (Å²) in [6.45, 7) is 1.34. The van der Waals surface area contributed by atoms with Crippen LogP contribution in [0.5, 0.6) is 11.5 Å². The maximum Gasteiger partial charge on any atom is 0.169 e. The predicted molar refractivity (Wildman–Crippen MR) is 97.6 cm³/mol. The number of ether oxygens (including phenoxy) is 2. The minimum absolute atomic E-state index is 0.668. The van der Waals surface area contributed by atoms with Crippen LogP contribution in [0.1, 0.15) is 10.6 Å². The van der Waals surface area contributed by atoms with E-state index in [4.69, 9.17) is 13.9 Å². The summed E-state index contributed by atoms with van der Waals surface area (Å²) < 4.78 is 17.0. The molecule has 0 fully saturated rings. The fourth-order valence-electron chi connectivity index (χ4n) is 2.35. The smallest absolute Gasteiger partial charge is 0.169 e. The normalized spacial score (nSPS) is 10.8. The second-order valence-corrected chi connectivity index (χ2v) is 6.87. The van der Waals surface area contributed by atoms with Crippen LogP contribution in [-0.2, 0) is 13.1 Å². The van der Waals surface area contributed by atoms with Crippen molar-refractivity contribution in [1.29, 1.82) is 0 Å². The number of hydrogen-bond acceptors (Lipinski definition) is 6. The van der Waals surface area contributed by atoms with E-state index >= 15 is 0 Å². The third kappa shape index (κ3) is 3.80. The Morgan fingerprint density at radius 3 is 2.75 bits per heavy atom. The minimum atomic E-state index is 0.668. The van der Waals surface area contributed by atoms with Gasteiger partial charge in [0.25, 0.3) is 0 Å². The summed E-state index contributed by atoms with van der Waals surface area (Å²) in [6.07, 6.45) is 1.83. The van der Waals surface area contributed by atoms with Crippen LogP contribution in [-0.4, -0.2) is 19.2 Å². The van der Waals surface area contributed by atoms with Crippen LogP contribution in [0.2, 0.25) is 0 Å². The van der Waals surface area contributed by atoms with Crippen molar-refractivity contribution >= 4 is 27.3 Å². The van der Waals surface area contributed by atoms with Crippen LogP contribution in [0.15, 0.2) is 45.6 Å². The Morgan fingerprint density at radius 1 is 1.17 bits per heavy atom. The van der Waals surface area contributed by atoms with Gasteiger partial charge < -0.3 is 19.2 Å². The van der Waals surface area contributed by atoms with Gasteiger partial charge >= 0.3 is 0 Å². The van der Waals surface area contributed by atoms with Crippen molar-refractivity contribution in [2.75, 3.05) is 14.2 Å². The number of para-hydroxylation sites is 1. The van der Waals surface area contributed by atoms with E-state index in [2.05, 4.69) is 26.2 Å². The summed E-state index contributed by atoms with van der Waals surface area (Å²) in [5, 5.41) is 4.39. The topological polar surface area (TPSA) is 56.5 Å². The molecular formula is C17H17BrN2O3S. The van der Waals surface area contributed by atoms with Gasteiger partial charge in [0, 0.05) is 24.8 Å². The molecule has 0 bridgehead atoms. The van der Waals surface area contributed by atoms with E-state index in [0.717, 1.165) is 37.4 Å². The summed E-state index contributed by atoms with van der Waals surface area (Å²) in [4.78, 5) is 5.44. The first-order valence-electron chi connectivity index (χ1n) is 7.32. The average molecular weight is 409 g/mol. The molecule has 5 nitrogen and oxygen atoms in total. The molecule has 3 rings (SSSR count). The summed E-state index contributed by atoms with van der Waals surface area (Å²) in [5.41, 5.74) is 1.04. The molecule has 0 atom stereocenters. The highest BCUT2D eigenvalue weighted by molar-refractivity contribution is 9.10. The van der Waals surface area contributed by atoms with Crippen LogP contribution in [0.4, 0.5) is 0 Å². The second kappa shape index (κ2) is 7.83. The van der Waals surface area contributed by atoms with Gasteiger partial charge in [-0.15, -0.1) is 11.3 Å². The van der Waals surface area contributed by atoms with Crippen LogP contribution in [0, 0.1) is 0 Å². The number of furan rings is 1. The SMILES string of the molecule is COc1cccc(CNCc2ncc(-c3ccc(Br)o3)s2)c1OC. The van der Waals surface area contributed by atoms with Crippen molar-refractivity contribution in [3.8, 4) is 22.1 Å². The number of thiazole rings is 1. The molecule has 0 aliphatic heterocycles. The minimum Gasteiger partial charge on any atom is -0.493 e. The predicted octanol–water partition coefficient (Wildman–Crippen LogP) is 4.47. The van der Waals surface area contributed by atoms with E-state index in [1.807, 2.05) is 36.5 Å². The molecule has 0 spiro atoms. The van der Waals surface area contributed by atoms with Crippen molar-refractivity contribution in [3.63, 3.8) is 0 Å². The number of benzene rings is 1. The van der Waals surface area contributed by atoms with E-state index < -0.39 is 0 Å². The quantitative estimate of drug-likeness (QED) is 0.624. The Labute approximate surface area is 152 Å². The highest BCUT2D eigenvalue weighted by Crippen LogP contribution is 2.31. The molecule has 1 N–H and O–H groups in total. The van der Waals surface area contributed by atoms with E-state index in [1.54, 1.807) is 25.6 Å². The number of methoxy groups -OCH3 is 2. The van der Waals surface area contributed by atoms with Gasteiger partial charge in [0.05, 0.1) is 19.1 Å². The van der Waals surface area contributed by atoms with Gasteiger partial charge in [-0.1, -0.05) is 12.1 Å². The van der Waals surface area contributed by atoms with E-state index in [9.17, 15) is 0 Å². The lowest BCUT2D eigenvalue weighted by atomic mass is 10.2. The maximum absolute atomic E-state index is 5.55. The van der Waals surface area contributed by atoms with Gasteiger partial charge in [-0.3, -0.25) is 0 Å². The lowest BCUT2D eigenvalue weighted by molar-refractivity contribution is 0.350. The van der Waals surface area contributed by atoms with Crippen LogP contribution in [0.25, 0.3) is 10.6 Å². The molecule has 0 unspecified atom stereocenters. The van der Waals surface area contributed by atoms with Crippen molar-refractivity contribution < 1.29 is 13.9 Å². The highest BCUT2D eigenvalue weighted by atomic mass is 79.9. The van der Waals surface area contributed by atoms with Crippen molar-refractivity contribution in [2.45, 2.75) is 13.1 Å². The Bertz CT molecular complexity index is 816. The Kier molecular flexibility index (Phi) is 5.55. The Balaban J connectivity index is 1.62. The molecule has 0 saturated heterocycles. The van der Waals surface area contributed by atoms with Gasteiger partial charge in [0.1, 0.15) is 10.8 Å². The third-order valence-corrected chi connectivity index (χ3v) is 4.88. The van der Waals surface area contributed by atoms with Gasteiger partial charge in [-0.05, 0) is 34.1 Å². The summed E-state index contributed by atoms with van der Waals surface area (Å²) in [6, 6.07) is 9.66. The van der Waals surface area contributed by atoms with Crippen molar-refractivity contribution in [3.05, 3.63) is 51.8 Å². The molecule has 1 aromatic carbocycles. The number of hydrogen-bond donors (Lipinski definition) is 1. The molecule has 3 aromatic rings. The lowest BCUT2D eigenvalue weighted by Crippen LogP contribution is -2.13. The first kappa shape index (κ1) is 17.0. The van der Waals surface area contributed by atoms with Gasteiger partial charge in [0.15, 0.2) is 16.2 Å². The fourth-order valence-corrected chi connectivity index (χ4v) is 3.51. The van der Waals surface area contributed by atoms with Gasteiger partial charge in [0.2, 0.25) is 0 Å². The molecule has 0 saturated carbocycles. The number of aromatic nitrogens is 1. The first-order chi connectivity index (χ1) is 11.7. The zero-order valence-electron chi connectivity index (χ0n) is 13.3. The standard InChI is InChI=1S/C17H17BrN2O3S/c1-21-13-5-3-4-11(17(13)22-2)8-19-10-16-20-9-14(24-16)12-6-7-15(18)23-12/h3-7,9,19H,8,10H2,1-2H3. The van der Waals surface area contributed by atoms with Gasteiger partial charge in [-0.2, -0.15) is 0 Å². The summed E-state index contributed by atoms with van der Waals surface area (Å²) in [5.74, 6) is 2.31. The Morgan fingerprint density at radius 2 is 2.04 bits per heavy atom. The summed E-state index contributed by atoms with van der Waals surface area (Å²) in [7, 11) is 3.29. The van der Waals surface area contributed by atoms with Crippen LogP contribution >= 0.6 is 27.3 Å². The zero-order chi connectivity index (χ0) is 16.9. The van der Waals surface area contributed by atoms with E-state index in [-0.39, 0.29) is 0 Å². The maximum atomic E-state index is 5.55. The van der Waals surface area contributed by atoms with Crippen molar-refractivity contribution in [2.24, 2.45) is 0 Å². The van der Waals surface area contributed by atoms with E-state index in [1.165, 1.54) is 0 Å². The molecule has 0 aliphatic carbocycles. The molecule has 7 heteroatoms. The molecule has 2 aromatic heterocycles. The molecule has 0 aliphatic rings. The molecule has 2 heterocycles. The molecule has 126 valence electrons. The van der Waals surface area contributed by atoms with E-state index in [0.29, 0.717) is 13.1 Å². The van der Waals surface area contributed by atoms with Gasteiger partial charge in [-0.25, -0.2) is 4.98 Å².